The minimum absolute atomic E-state index is 0.224. The van der Waals surface area contributed by atoms with Crippen molar-refractivity contribution in [2.75, 3.05) is 0 Å². The van der Waals surface area contributed by atoms with Crippen LogP contribution in [0.1, 0.15) is 5.56 Å². The smallest absolute Gasteiger partial charge is 0.163 e. The largest absolute Gasteiger partial charge is 0.304 e. The van der Waals surface area contributed by atoms with Crippen LogP contribution in [-0.4, -0.2) is 14.5 Å². The van der Waals surface area contributed by atoms with Gasteiger partial charge in [-0.15, -0.1) is 29.7 Å². The lowest BCUT2D eigenvalue weighted by Crippen LogP contribution is -1.96. The number of halogens is 1. The maximum absolute atomic E-state index is 12.9. The Balaban J connectivity index is 1.91. The zero-order valence-corrected chi connectivity index (χ0v) is 14.0. The van der Waals surface area contributed by atoms with E-state index in [4.69, 9.17) is 12.2 Å². The van der Waals surface area contributed by atoms with Crippen LogP contribution in [0, 0.1) is 9.77 Å². The lowest BCUT2D eigenvalue weighted by molar-refractivity contribution is 0.627. The molecule has 2 heterocycles. The van der Waals surface area contributed by atoms with Crippen molar-refractivity contribution < 1.29 is 4.39 Å². The first kappa shape index (κ1) is 15.3. The van der Waals surface area contributed by atoms with Crippen LogP contribution in [0.2, 0.25) is 0 Å². The van der Waals surface area contributed by atoms with Gasteiger partial charge in [-0.3, -0.25) is 0 Å². The minimum atomic E-state index is -0.224. The van der Waals surface area contributed by atoms with Crippen LogP contribution in [0.15, 0.2) is 48.3 Å². The highest BCUT2D eigenvalue weighted by molar-refractivity contribution is 7.98. The highest BCUT2D eigenvalue weighted by atomic mass is 32.2. The van der Waals surface area contributed by atoms with Crippen LogP contribution in [0.3, 0.4) is 0 Å². The van der Waals surface area contributed by atoms with E-state index in [1.54, 1.807) is 36.3 Å². The Morgan fingerprint density at radius 1 is 1.32 bits per heavy atom. The summed E-state index contributed by atoms with van der Waals surface area (Å²) in [6.45, 7) is 4.38. The van der Waals surface area contributed by atoms with E-state index < -0.39 is 0 Å². The average molecular weight is 349 g/mol. The summed E-state index contributed by atoms with van der Waals surface area (Å²) in [6, 6.07) is 6.50. The van der Waals surface area contributed by atoms with E-state index in [0.29, 0.717) is 6.54 Å². The van der Waals surface area contributed by atoms with E-state index >= 15 is 0 Å². The van der Waals surface area contributed by atoms with Crippen molar-refractivity contribution in [3.63, 3.8) is 0 Å². The summed E-state index contributed by atoms with van der Waals surface area (Å²) in [7, 11) is 0. The first-order valence-corrected chi connectivity index (χ1v) is 8.72. The van der Waals surface area contributed by atoms with Crippen molar-refractivity contribution in [2.24, 2.45) is 0 Å². The monoisotopic (exact) mass is 349 g/mol. The molecule has 112 valence electrons. The Labute approximate surface area is 140 Å². The van der Waals surface area contributed by atoms with E-state index in [9.17, 15) is 4.39 Å². The van der Waals surface area contributed by atoms with Crippen molar-refractivity contribution in [1.82, 2.24) is 14.5 Å². The Bertz CT molecular complexity index is 868. The van der Waals surface area contributed by atoms with Crippen molar-refractivity contribution in [3.05, 3.63) is 58.6 Å². The van der Waals surface area contributed by atoms with Crippen LogP contribution in [0.4, 0.5) is 4.39 Å². The maximum Gasteiger partial charge on any atom is 0.163 e. The molecule has 0 unspecified atom stereocenters. The molecule has 3 rings (SSSR count). The van der Waals surface area contributed by atoms with Gasteiger partial charge in [0.1, 0.15) is 21.9 Å². The summed E-state index contributed by atoms with van der Waals surface area (Å²) in [6.07, 6.45) is 3.35. The summed E-state index contributed by atoms with van der Waals surface area (Å²) < 4.78 is 16.6. The topological polar surface area (TPSA) is 30.7 Å². The van der Waals surface area contributed by atoms with Gasteiger partial charge in [0.25, 0.3) is 0 Å². The second-order valence-corrected chi connectivity index (χ2v) is 7.12. The van der Waals surface area contributed by atoms with E-state index in [0.717, 1.165) is 30.6 Å². The summed E-state index contributed by atoms with van der Waals surface area (Å²) in [5.74, 6) is 0.496. The van der Waals surface area contributed by atoms with Crippen LogP contribution >= 0.6 is 35.3 Å². The van der Waals surface area contributed by atoms with Crippen LogP contribution in [-0.2, 0) is 12.3 Å². The average Bonchev–Trinajstić information content (AvgIpc) is 2.84. The molecule has 3 aromatic rings. The quantitative estimate of drug-likeness (QED) is 0.285. The van der Waals surface area contributed by atoms with E-state index in [-0.39, 0.29) is 5.82 Å². The molecule has 0 radical (unpaired) electrons. The molecule has 0 fully saturated rings. The fraction of sp³-hybridized carbons (Fsp3) is 0.133. The molecule has 0 bridgehead atoms. The van der Waals surface area contributed by atoms with Crippen molar-refractivity contribution in [2.45, 2.75) is 17.3 Å². The Kier molecular flexibility index (Phi) is 4.66. The molecule has 0 saturated carbocycles. The molecule has 0 aliphatic heterocycles. The molecule has 0 aliphatic carbocycles. The number of fused-ring (bicyclic) bond motifs is 1. The van der Waals surface area contributed by atoms with Gasteiger partial charge in [-0.05, 0) is 29.9 Å². The molecule has 22 heavy (non-hydrogen) atoms. The number of thiazole rings is 1. The standard InChI is InChI=1S/C15H12FN3S3/c1-2-7-19-13-12(22-15(19)20)14(18-9-17-13)21-8-10-3-5-11(16)6-4-10/h2-6,9H,1,7-8H2. The number of hydrogen-bond donors (Lipinski definition) is 0. The highest BCUT2D eigenvalue weighted by Gasteiger charge is 2.11. The van der Waals surface area contributed by atoms with Crippen LogP contribution < -0.4 is 0 Å². The second-order valence-electron chi connectivity index (χ2n) is 4.51. The van der Waals surface area contributed by atoms with Crippen LogP contribution in [0.5, 0.6) is 0 Å². The third kappa shape index (κ3) is 3.11. The van der Waals surface area contributed by atoms with Gasteiger partial charge in [0, 0.05) is 12.3 Å². The molecule has 7 heteroatoms. The Morgan fingerprint density at radius 3 is 2.82 bits per heavy atom. The predicted molar refractivity (Wildman–Crippen MR) is 92.4 cm³/mol. The predicted octanol–water partition coefficient (Wildman–Crippen LogP) is 4.84. The van der Waals surface area contributed by atoms with Crippen molar-refractivity contribution in [3.8, 4) is 0 Å². The molecule has 3 nitrogen and oxygen atoms in total. The summed E-state index contributed by atoms with van der Waals surface area (Å²) >= 11 is 8.49. The summed E-state index contributed by atoms with van der Waals surface area (Å²) in [4.78, 5) is 8.69. The molecular formula is C15H12FN3S3. The highest BCUT2D eigenvalue weighted by Crippen LogP contribution is 2.31. The van der Waals surface area contributed by atoms with Crippen molar-refractivity contribution in [1.29, 1.82) is 0 Å². The molecule has 0 spiro atoms. The van der Waals surface area contributed by atoms with Gasteiger partial charge in [-0.25, -0.2) is 14.4 Å². The lowest BCUT2D eigenvalue weighted by atomic mass is 10.2. The fourth-order valence-corrected chi connectivity index (χ4v) is 4.38. The number of allylic oxidation sites excluding steroid dienone is 1. The van der Waals surface area contributed by atoms with Crippen LogP contribution in [0.25, 0.3) is 10.3 Å². The SMILES string of the molecule is C=CCn1c(=S)sc2c(SCc3ccc(F)cc3)ncnc21. The second kappa shape index (κ2) is 6.68. The van der Waals surface area contributed by atoms with Crippen molar-refractivity contribution >= 4 is 45.7 Å². The number of rotatable bonds is 5. The number of aromatic nitrogens is 3. The normalized spacial score (nSPS) is 11.0. The first-order valence-electron chi connectivity index (χ1n) is 6.51. The molecule has 0 N–H and O–H groups in total. The molecular weight excluding hydrogens is 337 g/mol. The Hall–Kier alpha value is -1.57. The fourth-order valence-electron chi connectivity index (χ4n) is 1.98. The molecule has 0 aliphatic rings. The van der Waals surface area contributed by atoms with E-state index in [2.05, 4.69) is 16.5 Å². The minimum Gasteiger partial charge on any atom is -0.304 e. The summed E-state index contributed by atoms with van der Waals surface area (Å²) in [5.41, 5.74) is 1.89. The maximum atomic E-state index is 12.9. The molecule has 2 aromatic heterocycles. The molecule has 0 amide bonds. The van der Waals surface area contributed by atoms with Gasteiger partial charge in [-0.1, -0.05) is 18.2 Å². The van der Waals surface area contributed by atoms with E-state index in [1.807, 2.05) is 4.57 Å². The number of nitrogens with zero attached hydrogens (tertiary/aromatic N) is 3. The van der Waals surface area contributed by atoms with Gasteiger partial charge >= 0.3 is 0 Å². The third-order valence-electron chi connectivity index (χ3n) is 3.02. The molecule has 1 aromatic carbocycles. The van der Waals surface area contributed by atoms with Gasteiger partial charge in [0.2, 0.25) is 0 Å². The first-order chi connectivity index (χ1) is 10.7. The number of hydrogen-bond acceptors (Lipinski definition) is 5. The lowest BCUT2D eigenvalue weighted by Gasteiger charge is -2.03. The third-order valence-corrected chi connectivity index (χ3v) is 5.65. The Morgan fingerprint density at radius 2 is 2.09 bits per heavy atom. The molecule has 0 saturated heterocycles. The number of thioether (sulfide) groups is 1. The molecule has 0 atom stereocenters. The zero-order chi connectivity index (χ0) is 15.5. The van der Waals surface area contributed by atoms with Gasteiger partial charge < -0.3 is 4.57 Å². The van der Waals surface area contributed by atoms with Gasteiger partial charge in [0.15, 0.2) is 9.60 Å². The van der Waals surface area contributed by atoms with Gasteiger partial charge in [-0.2, -0.15) is 0 Å². The zero-order valence-electron chi connectivity index (χ0n) is 11.5. The van der Waals surface area contributed by atoms with E-state index in [1.165, 1.54) is 23.5 Å². The number of benzene rings is 1. The summed E-state index contributed by atoms with van der Waals surface area (Å²) in [5, 5.41) is 0.897. The van der Waals surface area contributed by atoms with Gasteiger partial charge in [0.05, 0.1) is 0 Å².